The highest BCUT2D eigenvalue weighted by molar-refractivity contribution is 6.40. The molecule has 0 unspecified atom stereocenters. The van der Waals surface area contributed by atoms with Gasteiger partial charge in [0.05, 0.1) is 19.1 Å². The first-order valence-corrected chi connectivity index (χ1v) is 7.14. The minimum absolute atomic E-state index is 0.194. The van der Waals surface area contributed by atoms with Crippen molar-refractivity contribution in [2.75, 3.05) is 26.2 Å². The highest BCUT2D eigenvalue weighted by Crippen LogP contribution is 2.14. The van der Waals surface area contributed by atoms with Gasteiger partial charge in [0.2, 0.25) is 0 Å². The summed E-state index contributed by atoms with van der Waals surface area (Å²) in [5.74, 6) is 0.463. The third kappa shape index (κ3) is 7.58. The van der Waals surface area contributed by atoms with Crippen molar-refractivity contribution in [1.82, 2.24) is 0 Å². The Hall–Kier alpha value is -0.970. The smallest absolute Gasteiger partial charge is 0.335 e. The van der Waals surface area contributed by atoms with E-state index in [4.69, 9.17) is 32.7 Å². The number of halogens is 2. The first kappa shape index (κ1) is 19.0. The Bertz CT molecular complexity index is 368. The Kier molecular flexibility index (Phi) is 11.3. The van der Waals surface area contributed by atoms with Gasteiger partial charge in [0.25, 0.3) is 0 Å². The summed E-state index contributed by atoms with van der Waals surface area (Å²) >= 11 is 9.53. The molecule has 0 radical (unpaired) electrons. The maximum absolute atomic E-state index is 11.3. The van der Waals surface area contributed by atoms with Crippen molar-refractivity contribution >= 4 is 29.2 Å². The van der Waals surface area contributed by atoms with Crippen molar-refractivity contribution in [2.45, 2.75) is 19.4 Å². The van der Waals surface area contributed by atoms with E-state index in [9.17, 15) is 4.79 Å². The third-order valence-corrected chi connectivity index (χ3v) is 2.40. The largest absolute Gasteiger partial charge is 0.494 e. The van der Waals surface area contributed by atoms with Gasteiger partial charge in [-0.15, -0.1) is 23.2 Å². The molecule has 1 rings (SSSR count). The first-order chi connectivity index (χ1) is 9.62. The molecule has 6 heteroatoms. The van der Waals surface area contributed by atoms with Crippen molar-refractivity contribution in [3.63, 3.8) is 0 Å². The van der Waals surface area contributed by atoms with E-state index in [-0.39, 0.29) is 11.3 Å². The number of hydrogen-bond acceptors (Lipinski definition) is 4. The van der Waals surface area contributed by atoms with Crippen molar-refractivity contribution in [3.8, 4) is 5.75 Å². The van der Waals surface area contributed by atoms with E-state index in [1.54, 1.807) is 0 Å². The highest BCUT2D eigenvalue weighted by atomic mass is 35.5. The second-order valence-electron chi connectivity index (χ2n) is 3.63. The van der Waals surface area contributed by atoms with E-state index in [1.807, 2.05) is 31.2 Å². The molecular formula is C14H20Cl2O4. The van der Waals surface area contributed by atoms with Gasteiger partial charge >= 0.3 is 5.97 Å². The number of esters is 1. The van der Waals surface area contributed by atoms with E-state index in [0.717, 1.165) is 11.3 Å². The number of methoxy groups -OCH3 is 2. The standard InChI is InChI=1S/C13H18O4.CH2Cl2/c1-4-17-11-7-5-10(6-8-11)9-12(15-2)13(14)16-3;2-1-3/h5-8,12H,4,9H2,1-3H3;1H2/t12-;/m1./s1. The SMILES string of the molecule is CCOc1ccc(C[C@@H](OC)C(=O)OC)cc1.ClCCl. The van der Waals surface area contributed by atoms with E-state index in [0.29, 0.717) is 13.0 Å². The Labute approximate surface area is 129 Å². The van der Waals surface area contributed by atoms with Crippen LogP contribution in [0.15, 0.2) is 24.3 Å². The van der Waals surface area contributed by atoms with Crippen LogP contribution < -0.4 is 4.74 Å². The zero-order valence-electron chi connectivity index (χ0n) is 11.9. The molecule has 0 aromatic heterocycles. The highest BCUT2D eigenvalue weighted by Gasteiger charge is 2.18. The zero-order valence-corrected chi connectivity index (χ0v) is 13.4. The summed E-state index contributed by atoms with van der Waals surface area (Å²) in [5.41, 5.74) is 1.01. The lowest BCUT2D eigenvalue weighted by atomic mass is 10.1. The lowest BCUT2D eigenvalue weighted by Gasteiger charge is -2.13. The van der Waals surface area contributed by atoms with Crippen LogP contribution >= 0.6 is 23.2 Å². The molecular weight excluding hydrogens is 303 g/mol. The van der Waals surface area contributed by atoms with Crippen LogP contribution in [-0.4, -0.2) is 38.2 Å². The molecule has 0 N–H and O–H groups in total. The Balaban J connectivity index is 0.00000110. The quantitative estimate of drug-likeness (QED) is 0.595. The van der Waals surface area contributed by atoms with Gasteiger partial charge in [-0.2, -0.15) is 0 Å². The summed E-state index contributed by atoms with van der Waals surface area (Å²) in [6.07, 6.45) is -0.0618. The molecule has 0 aliphatic heterocycles. The molecule has 0 saturated carbocycles. The molecule has 114 valence electrons. The van der Waals surface area contributed by atoms with Gasteiger partial charge in [0, 0.05) is 13.5 Å². The van der Waals surface area contributed by atoms with Gasteiger partial charge in [-0.25, -0.2) is 4.79 Å². The van der Waals surface area contributed by atoms with E-state index < -0.39 is 6.10 Å². The summed E-state index contributed by atoms with van der Waals surface area (Å²) in [5, 5.41) is 0.194. The molecule has 0 amide bonds. The van der Waals surface area contributed by atoms with E-state index in [1.165, 1.54) is 14.2 Å². The average Bonchev–Trinajstić information content (AvgIpc) is 2.47. The van der Waals surface area contributed by atoms with Gasteiger partial charge in [0.15, 0.2) is 6.10 Å². The molecule has 0 saturated heterocycles. The van der Waals surface area contributed by atoms with Crippen LogP contribution in [0.1, 0.15) is 12.5 Å². The Morgan fingerprint density at radius 2 is 1.75 bits per heavy atom. The van der Waals surface area contributed by atoms with Crippen LogP contribution in [0.25, 0.3) is 0 Å². The van der Waals surface area contributed by atoms with Crippen molar-refractivity contribution in [1.29, 1.82) is 0 Å². The van der Waals surface area contributed by atoms with Gasteiger partial charge in [-0.3, -0.25) is 0 Å². The maximum Gasteiger partial charge on any atom is 0.335 e. The molecule has 0 aliphatic carbocycles. The van der Waals surface area contributed by atoms with Crippen LogP contribution in [0.3, 0.4) is 0 Å². The molecule has 1 aromatic carbocycles. The number of carbonyl (C=O) groups excluding carboxylic acids is 1. The van der Waals surface area contributed by atoms with Crippen LogP contribution in [-0.2, 0) is 20.7 Å². The predicted molar refractivity (Wildman–Crippen MR) is 80.7 cm³/mol. The minimum Gasteiger partial charge on any atom is -0.494 e. The second kappa shape index (κ2) is 11.8. The molecule has 4 nitrogen and oxygen atoms in total. The third-order valence-electron chi connectivity index (χ3n) is 2.40. The van der Waals surface area contributed by atoms with Crippen LogP contribution in [0.4, 0.5) is 0 Å². The number of carbonyl (C=O) groups is 1. The molecule has 0 fully saturated rings. The molecule has 0 bridgehead atoms. The number of rotatable bonds is 6. The lowest BCUT2D eigenvalue weighted by Crippen LogP contribution is -2.26. The Morgan fingerprint density at radius 1 is 1.20 bits per heavy atom. The summed E-state index contributed by atoms with van der Waals surface area (Å²) in [7, 11) is 2.85. The second-order valence-corrected chi connectivity index (χ2v) is 4.44. The number of alkyl halides is 2. The molecule has 1 aromatic rings. The van der Waals surface area contributed by atoms with Crippen LogP contribution in [0.2, 0.25) is 0 Å². The van der Waals surface area contributed by atoms with Gasteiger partial charge in [-0.1, -0.05) is 12.1 Å². The number of benzene rings is 1. The van der Waals surface area contributed by atoms with Gasteiger partial charge < -0.3 is 14.2 Å². The van der Waals surface area contributed by atoms with Gasteiger partial charge in [-0.05, 0) is 24.6 Å². The predicted octanol–water partition coefficient (Wildman–Crippen LogP) is 3.24. The molecule has 0 spiro atoms. The number of ether oxygens (including phenoxy) is 3. The van der Waals surface area contributed by atoms with Crippen molar-refractivity contribution in [3.05, 3.63) is 29.8 Å². The molecule has 20 heavy (non-hydrogen) atoms. The fourth-order valence-electron chi connectivity index (χ4n) is 1.50. The molecule has 0 heterocycles. The monoisotopic (exact) mass is 322 g/mol. The number of hydrogen-bond donors (Lipinski definition) is 0. The summed E-state index contributed by atoms with van der Waals surface area (Å²) in [6.45, 7) is 2.58. The normalized spacial score (nSPS) is 11.1. The maximum atomic E-state index is 11.3. The molecule has 1 atom stereocenters. The van der Waals surface area contributed by atoms with E-state index >= 15 is 0 Å². The minimum atomic E-state index is -0.557. The van der Waals surface area contributed by atoms with Crippen molar-refractivity contribution in [2.24, 2.45) is 0 Å². The van der Waals surface area contributed by atoms with Crippen molar-refractivity contribution < 1.29 is 19.0 Å². The molecule has 0 aliphatic rings. The lowest BCUT2D eigenvalue weighted by molar-refractivity contribution is -0.152. The van der Waals surface area contributed by atoms with Gasteiger partial charge in [0.1, 0.15) is 5.75 Å². The summed E-state index contributed by atoms with van der Waals surface area (Å²) in [4.78, 5) is 11.3. The average molecular weight is 323 g/mol. The Morgan fingerprint density at radius 3 is 2.15 bits per heavy atom. The van der Waals surface area contributed by atoms with Crippen LogP contribution in [0, 0.1) is 0 Å². The van der Waals surface area contributed by atoms with E-state index in [2.05, 4.69) is 4.74 Å². The topological polar surface area (TPSA) is 44.8 Å². The van der Waals surface area contributed by atoms with Crippen LogP contribution in [0.5, 0.6) is 5.75 Å². The zero-order chi connectivity index (χ0) is 15.4. The summed E-state index contributed by atoms with van der Waals surface area (Å²) < 4.78 is 15.1. The fraction of sp³-hybridized carbons (Fsp3) is 0.500. The first-order valence-electron chi connectivity index (χ1n) is 6.07. The fourth-order valence-corrected chi connectivity index (χ4v) is 1.50. The summed E-state index contributed by atoms with van der Waals surface area (Å²) in [6, 6.07) is 7.59.